The van der Waals surface area contributed by atoms with Crippen molar-refractivity contribution in [2.75, 3.05) is 26.1 Å². The average Bonchev–Trinajstić information content (AvgIpc) is 2.60. The number of benzene rings is 2. The summed E-state index contributed by atoms with van der Waals surface area (Å²) in [6.07, 6.45) is 0. The maximum absolute atomic E-state index is 12.3. The number of methoxy groups -OCH3 is 2. The first-order valence-corrected chi connectivity index (χ1v) is 8.93. The van der Waals surface area contributed by atoms with Gasteiger partial charge in [0.25, 0.3) is 0 Å². The fraction of sp³-hybridized carbons (Fsp3) is 0.235. The van der Waals surface area contributed by atoms with Crippen molar-refractivity contribution < 1.29 is 22.7 Å². The smallest absolute Gasteiger partial charge is 0.241 e. The third-order valence-electron chi connectivity index (χ3n) is 3.49. The predicted molar refractivity (Wildman–Crippen MR) is 94.5 cm³/mol. The van der Waals surface area contributed by atoms with Crippen molar-refractivity contribution in [2.24, 2.45) is 0 Å². The first-order valence-electron chi connectivity index (χ1n) is 7.44. The number of carbonyl (C=O) groups is 1. The highest BCUT2D eigenvalue weighted by Crippen LogP contribution is 2.28. The maximum Gasteiger partial charge on any atom is 0.241 e. The number of hydrogen-bond acceptors (Lipinski definition) is 5. The van der Waals surface area contributed by atoms with Gasteiger partial charge in [-0.1, -0.05) is 18.2 Å². The van der Waals surface area contributed by atoms with Crippen LogP contribution in [0, 0.1) is 6.92 Å². The van der Waals surface area contributed by atoms with Crippen LogP contribution in [0.25, 0.3) is 0 Å². The molecule has 0 radical (unpaired) electrons. The number of amides is 1. The highest BCUT2D eigenvalue weighted by Gasteiger charge is 2.18. The predicted octanol–water partition coefficient (Wildman–Crippen LogP) is 1.93. The zero-order valence-electron chi connectivity index (χ0n) is 14.2. The number of nitrogens with one attached hydrogen (secondary N) is 2. The molecule has 0 aliphatic carbocycles. The van der Waals surface area contributed by atoms with Crippen LogP contribution < -0.4 is 19.5 Å². The summed E-state index contributed by atoms with van der Waals surface area (Å²) in [7, 11) is -0.782. The fourth-order valence-electron chi connectivity index (χ4n) is 2.19. The maximum atomic E-state index is 12.3. The molecule has 25 heavy (non-hydrogen) atoms. The molecule has 2 rings (SSSR count). The number of rotatable bonds is 7. The third kappa shape index (κ3) is 4.71. The minimum Gasteiger partial charge on any atom is -0.497 e. The van der Waals surface area contributed by atoms with Crippen molar-refractivity contribution in [3.63, 3.8) is 0 Å². The van der Waals surface area contributed by atoms with Crippen molar-refractivity contribution in [1.82, 2.24) is 4.72 Å². The molecular weight excluding hydrogens is 344 g/mol. The Morgan fingerprint density at radius 3 is 2.44 bits per heavy atom. The quantitative estimate of drug-likeness (QED) is 0.783. The van der Waals surface area contributed by atoms with Crippen LogP contribution in [0.1, 0.15) is 5.56 Å². The summed E-state index contributed by atoms with van der Waals surface area (Å²) in [5.74, 6) is 0.477. The van der Waals surface area contributed by atoms with Crippen LogP contribution in [0.15, 0.2) is 47.4 Å². The van der Waals surface area contributed by atoms with Crippen LogP contribution in [0.4, 0.5) is 5.69 Å². The summed E-state index contributed by atoms with van der Waals surface area (Å²) in [4.78, 5) is 12.2. The van der Waals surface area contributed by atoms with Crippen molar-refractivity contribution in [3.8, 4) is 11.5 Å². The number of anilines is 1. The van der Waals surface area contributed by atoms with Crippen molar-refractivity contribution in [3.05, 3.63) is 48.0 Å². The van der Waals surface area contributed by atoms with Crippen LogP contribution in [0.2, 0.25) is 0 Å². The molecule has 2 aromatic carbocycles. The molecule has 0 unspecified atom stereocenters. The molecule has 0 aliphatic rings. The van der Waals surface area contributed by atoms with Crippen LogP contribution in [-0.4, -0.2) is 35.1 Å². The van der Waals surface area contributed by atoms with Crippen LogP contribution in [0.3, 0.4) is 0 Å². The largest absolute Gasteiger partial charge is 0.497 e. The lowest BCUT2D eigenvalue weighted by Crippen LogP contribution is -2.33. The molecule has 0 fully saturated rings. The summed E-state index contributed by atoms with van der Waals surface area (Å²) in [6.45, 7) is 1.29. The summed E-state index contributed by atoms with van der Waals surface area (Å²) in [5.41, 5.74) is 1.02. The molecule has 0 atom stereocenters. The fourth-order valence-corrected chi connectivity index (χ4v) is 3.42. The third-order valence-corrected chi connectivity index (χ3v) is 5.05. The van der Waals surface area contributed by atoms with E-state index in [1.54, 1.807) is 43.3 Å². The minimum absolute atomic E-state index is 0.143. The molecule has 0 heterocycles. The number of aryl methyl sites for hydroxylation is 1. The summed E-state index contributed by atoms with van der Waals surface area (Å²) >= 11 is 0. The van der Waals surface area contributed by atoms with Gasteiger partial charge in [-0.3, -0.25) is 4.79 Å². The Bertz CT molecular complexity index is 865. The van der Waals surface area contributed by atoms with Gasteiger partial charge in [-0.25, -0.2) is 13.1 Å². The molecule has 2 N–H and O–H groups in total. The SMILES string of the molecule is COc1ccc(NC(=O)CNS(=O)(=O)c2ccccc2C)c(OC)c1. The summed E-state index contributed by atoms with van der Waals surface area (Å²) < 4.78 is 37.1. The van der Waals surface area contributed by atoms with Crippen LogP contribution >= 0.6 is 0 Å². The van der Waals surface area contributed by atoms with E-state index in [9.17, 15) is 13.2 Å². The van der Waals surface area contributed by atoms with E-state index in [-0.39, 0.29) is 4.90 Å². The number of carbonyl (C=O) groups excluding carboxylic acids is 1. The Morgan fingerprint density at radius 1 is 1.08 bits per heavy atom. The van der Waals surface area contributed by atoms with Gasteiger partial charge < -0.3 is 14.8 Å². The van der Waals surface area contributed by atoms with E-state index in [2.05, 4.69) is 10.0 Å². The zero-order valence-corrected chi connectivity index (χ0v) is 15.0. The second kappa shape index (κ2) is 8.00. The van der Waals surface area contributed by atoms with E-state index >= 15 is 0 Å². The number of ether oxygens (including phenoxy) is 2. The van der Waals surface area contributed by atoms with E-state index in [1.807, 2.05) is 0 Å². The molecule has 7 nitrogen and oxygen atoms in total. The van der Waals surface area contributed by atoms with Crippen molar-refractivity contribution in [1.29, 1.82) is 0 Å². The molecule has 0 aliphatic heterocycles. The van der Waals surface area contributed by atoms with Gasteiger partial charge >= 0.3 is 0 Å². The first-order chi connectivity index (χ1) is 11.9. The minimum atomic E-state index is -3.77. The monoisotopic (exact) mass is 364 g/mol. The van der Waals surface area contributed by atoms with Gasteiger partial charge in [-0.05, 0) is 30.7 Å². The molecule has 0 spiro atoms. The number of hydrogen-bond donors (Lipinski definition) is 2. The molecule has 0 saturated carbocycles. The van der Waals surface area contributed by atoms with Gasteiger partial charge in [-0.15, -0.1) is 0 Å². The molecule has 1 amide bonds. The van der Waals surface area contributed by atoms with Gasteiger partial charge in [0, 0.05) is 6.07 Å². The molecular formula is C17H20N2O5S. The highest BCUT2D eigenvalue weighted by atomic mass is 32.2. The van der Waals surface area contributed by atoms with E-state index in [0.29, 0.717) is 22.7 Å². The van der Waals surface area contributed by atoms with Gasteiger partial charge in [-0.2, -0.15) is 0 Å². The van der Waals surface area contributed by atoms with E-state index in [0.717, 1.165) is 0 Å². The topological polar surface area (TPSA) is 93.7 Å². The highest BCUT2D eigenvalue weighted by molar-refractivity contribution is 7.89. The van der Waals surface area contributed by atoms with E-state index in [1.165, 1.54) is 20.3 Å². The Morgan fingerprint density at radius 2 is 1.80 bits per heavy atom. The van der Waals surface area contributed by atoms with E-state index < -0.39 is 22.5 Å². The average molecular weight is 364 g/mol. The van der Waals surface area contributed by atoms with Crippen LogP contribution in [-0.2, 0) is 14.8 Å². The summed E-state index contributed by atoms with van der Waals surface area (Å²) in [6, 6.07) is 11.5. The second-order valence-corrected chi connectivity index (χ2v) is 6.94. The van der Waals surface area contributed by atoms with E-state index in [4.69, 9.17) is 9.47 Å². The Hall–Kier alpha value is -2.58. The molecule has 0 saturated heterocycles. The van der Waals surface area contributed by atoms with Gasteiger partial charge in [0.05, 0.1) is 31.3 Å². The zero-order chi connectivity index (χ0) is 18.4. The normalized spacial score (nSPS) is 11.0. The van der Waals surface area contributed by atoms with Gasteiger partial charge in [0.1, 0.15) is 11.5 Å². The first kappa shape index (κ1) is 18.8. The lowest BCUT2D eigenvalue weighted by molar-refractivity contribution is -0.115. The molecule has 8 heteroatoms. The molecule has 0 bridgehead atoms. The van der Waals surface area contributed by atoms with Crippen molar-refractivity contribution in [2.45, 2.75) is 11.8 Å². The number of sulfonamides is 1. The summed E-state index contributed by atoms with van der Waals surface area (Å²) in [5, 5.41) is 2.60. The second-order valence-electron chi connectivity index (χ2n) is 5.20. The Balaban J connectivity index is 2.05. The van der Waals surface area contributed by atoms with Crippen LogP contribution in [0.5, 0.6) is 11.5 Å². The molecule has 0 aromatic heterocycles. The Labute approximate surface area is 147 Å². The lowest BCUT2D eigenvalue weighted by atomic mass is 10.2. The van der Waals surface area contributed by atoms with Gasteiger partial charge in [0.2, 0.25) is 15.9 Å². The molecule has 134 valence electrons. The Kier molecular flexibility index (Phi) is 6.00. The standard InChI is InChI=1S/C17H20N2O5S/c1-12-6-4-5-7-16(12)25(21,22)18-11-17(20)19-14-9-8-13(23-2)10-15(14)24-3/h4-10,18H,11H2,1-3H3,(H,19,20). The van der Waals surface area contributed by atoms with Gasteiger partial charge in [0.15, 0.2) is 0 Å². The molecule has 2 aromatic rings. The van der Waals surface area contributed by atoms with Crippen molar-refractivity contribution >= 4 is 21.6 Å². The lowest BCUT2D eigenvalue weighted by Gasteiger charge is -2.12.